The zero-order valence-corrected chi connectivity index (χ0v) is 19.9. The average Bonchev–Trinajstić information content (AvgIpc) is 2.82. The zero-order chi connectivity index (χ0) is 20.4. The Hall–Kier alpha value is -0.713. The van der Waals surface area contributed by atoms with Gasteiger partial charge in [0.05, 0.1) is 9.85 Å². The van der Waals surface area contributed by atoms with E-state index in [0.717, 1.165) is 0 Å². The van der Waals surface area contributed by atoms with E-state index in [4.69, 9.17) is 32.0 Å². The molecule has 0 spiro atoms. The maximum Gasteiger partial charge on any atom is 0.242 e. The van der Waals surface area contributed by atoms with E-state index >= 15 is 0 Å². The van der Waals surface area contributed by atoms with Gasteiger partial charge in [-0.1, -0.05) is 39.1 Å². The molecule has 0 radical (unpaired) electrons. The van der Waals surface area contributed by atoms with Gasteiger partial charge in [-0.25, -0.2) is 13.1 Å². The van der Waals surface area contributed by atoms with Crippen LogP contribution in [0, 0.1) is 0 Å². The van der Waals surface area contributed by atoms with Gasteiger partial charge in [0.25, 0.3) is 0 Å². The number of thiol groups is 1. The normalized spacial score (nSPS) is 13.1. The molecule has 0 bridgehead atoms. The minimum absolute atomic E-state index is 0.149. The topological polar surface area (TPSA) is 88.8 Å². The third kappa shape index (κ3) is 6.13. The SMILES string of the molecule is C[Si](C)(C)Oc1c(C(Br)CCN[SH](=O)=O)oc(-c2ccc(Cl)cc2Cl)c1O. The van der Waals surface area contributed by atoms with Crippen molar-refractivity contribution in [1.82, 2.24) is 4.72 Å². The second kappa shape index (κ2) is 9.19. The fourth-order valence-corrected chi connectivity index (χ4v) is 4.45. The molecule has 2 rings (SSSR count). The molecule has 11 heteroatoms. The maximum atomic E-state index is 10.8. The Morgan fingerprint density at radius 2 is 2.00 bits per heavy atom. The van der Waals surface area contributed by atoms with E-state index in [0.29, 0.717) is 27.8 Å². The molecular formula is C16H20BrCl2NO5SSi. The molecule has 0 aliphatic heterocycles. The molecule has 2 N–H and O–H groups in total. The van der Waals surface area contributed by atoms with Crippen molar-refractivity contribution >= 4 is 58.3 Å². The first-order valence-corrected chi connectivity index (χ1v) is 14.3. The van der Waals surface area contributed by atoms with E-state index in [1.807, 2.05) is 19.6 Å². The number of halogens is 3. The van der Waals surface area contributed by atoms with Gasteiger partial charge in [0.2, 0.25) is 25.0 Å². The van der Waals surface area contributed by atoms with Gasteiger partial charge in [0, 0.05) is 17.1 Å². The Bertz CT molecular complexity index is 890. The molecule has 1 heterocycles. The van der Waals surface area contributed by atoms with Crippen LogP contribution in [0.1, 0.15) is 17.0 Å². The van der Waals surface area contributed by atoms with Crippen LogP contribution >= 0.6 is 39.1 Å². The largest absolute Gasteiger partial charge is 0.539 e. The summed E-state index contributed by atoms with van der Waals surface area (Å²) < 4.78 is 35.6. The second-order valence-electron chi connectivity index (χ2n) is 6.73. The third-order valence-electron chi connectivity index (χ3n) is 3.37. The van der Waals surface area contributed by atoms with Crippen LogP contribution in [0.15, 0.2) is 22.6 Å². The van der Waals surface area contributed by atoms with Crippen molar-refractivity contribution in [3.63, 3.8) is 0 Å². The molecule has 0 aliphatic carbocycles. The summed E-state index contributed by atoms with van der Waals surface area (Å²) in [6, 6.07) is 4.85. The van der Waals surface area contributed by atoms with Crippen LogP contribution in [0.25, 0.3) is 11.3 Å². The number of benzene rings is 1. The Morgan fingerprint density at radius 1 is 1.33 bits per heavy atom. The van der Waals surface area contributed by atoms with E-state index < -0.39 is 19.2 Å². The van der Waals surface area contributed by atoms with Crippen LogP contribution < -0.4 is 9.15 Å². The van der Waals surface area contributed by atoms with Crippen LogP contribution in [0.3, 0.4) is 0 Å². The van der Waals surface area contributed by atoms with E-state index in [1.54, 1.807) is 18.2 Å². The van der Waals surface area contributed by atoms with Crippen LogP contribution in [0.4, 0.5) is 0 Å². The number of rotatable bonds is 8. The molecule has 0 aliphatic rings. The van der Waals surface area contributed by atoms with Gasteiger partial charge >= 0.3 is 0 Å². The predicted molar refractivity (Wildman–Crippen MR) is 114 cm³/mol. The Kier molecular flexibility index (Phi) is 7.68. The molecule has 1 atom stereocenters. The first-order valence-electron chi connectivity index (χ1n) is 8.01. The predicted octanol–water partition coefficient (Wildman–Crippen LogP) is 5.11. The summed E-state index contributed by atoms with van der Waals surface area (Å²) in [4.78, 5) is -0.378. The van der Waals surface area contributed by atoms with Crippen LogP contribution in [0.5, 0.6) is 11.5 Å². The summed E-state index contributed by atoms with van der Waals surface area (Å²) in [6.45, 7) is 6.14. The standard InChI is InChI=1S/C16H20BrCl2NO5SSi/c1-27(2,3)25-16-13(21)14(10-5-4-9(18)8-12(10)19)24-15(16)11(17)6-7-20-26(22)23/h4-5,8,11,21,26H,6-7H2,1-3H3,(H,20,22,23). The Morgan fingerprint density at radius 3 is 2.56 bits per heavy atom. The molecule has 6 nitrogen and oxygen atoms in total. The van der Waals surface area contributed by atoms with Gasteiger partial charge in [-0.3, -0.25) is 0 Å². The number of hydrogen-bond acceptors (Lipinski definition) is 5. The average molecular weight is 517 g/mol. The summed E-state index contributed by atoms with van der Waals surface area (Å²) in [6.07, 6.45) is 0.395. The minimum atomic E-state index is -2.68. The quantitative estimate of drug-likeness (QED) is 0.257. The van der Waals surface area contributed by atoms with Gasteiger partial charge in [-0.05, 0) is 44.3 Å². The first-order chi connectivity index (χ1) is 12.5. The highest BCUT2D eigenvalue weighted by atomic mass is 79.9. The Labute approximate surface area is 179 Å². The highest BCUT2D eigenvalue weighted by molar-refractivity contribution is 9.09. The van der Waals surface area contributed by atoms with Gasteiger partial charge in [0.1, 0.15) is 0 Å². The van der Waals surface area contributed by atoms with Crippen molar-refractivity contribution < 1.29 is 22.4 Å². The van der Waals surface area contributed by atoms with E-state index in [9.17, 15) is 13.5 Å². The lowest BCUT2D eigenvalue weighted by Crippen LogP contribution is -2.29. The molecule has 1 unspecified atom stereocenters. The van der Waals surface area contributed by atoms with Gasteiger partial charge in [-0.15, -0.1) is 0 Å². The van der Waals surface area contributed by atoms with E-state index in [-0.39, 0.29) is 28.6 Å². The summed E-state index contributed by atoms with van der Waals surface area (Å²) in [5.41, 5.74) is 0.478. The second-order valence-corrected chi connectivity index (χ2v) is 13.9. The highest BCUT2D eigenvalue weighted by Crippen LogP contribution is 2.50. The van der Waals surface area contributed by atoms with Gasteiger partial charge in [0.15, 0.2) is 17.3 Å². The molecular weight excluding hydrogens is 497 g/mol. The van der Waals surface area contributed by atoms with Crippen molar-refractivity contribution in [3.05, 3.63) is 34.0 Å². The lowest BCUT2D eigenvalue weighted by molar-refractivity contribution is 0.438. The molecule has 1 aromatic carbocycles. The molecule has 0 fully saturated rings. The van der Waals surface area contributed by atoms with Gasteiger partial charge in [-0.2, -0.15) is 0 Å². The Balaban J connectivity index is 2.47. The molecule has 150 valence electrons. The maximum absolute atomic E-state index is 10.8. The van der Waals surface area contributed by atoms with Crippen molar-refractivity contribution in [2.24, 2.45) is 0 Å². The number of aromatic hydroxyl groups is 1. The molecule has 27 heavy (non-hydrogen) atoms. The van der Waals surface area contributed by atoms with Crippen molar-refractivity contribution in [1.29, 1.82) is 0 Å². The molecule has 0 amide bonds. The lowest BCUT2D eigenvalue weighted by Gasteiger charge is -2.20. The van der Waals surface area contributed by atoms with Crippen LogP contribution in [-0.4, -0.2) is 28.4 Å². The van der Waals surface area contributed by atoms with E-state index in [1.165, 1.54) is 0 Å². The van der Waals surface area contributed by atoms with Gasteiger partial charge < -0.3 is 13.9 Å². The third-order valence-corrected chi connectivity index (χ3v) is 6.09. The fraction of sp³-hybridized carbons (Fsp3) is 0.375. The van der Waals surface area contributed by atoms with Crippen LogP contribution in [0.2, 0.25) is 29.7 Å². The summed E-state index contributed by atoms with van der Waals surface area (Å²) in [5, 5.41) is 11.6. The summed E-state index contributed by atoms with van der Waals surface area (Å²) in [7, 11) is -4.75. The molecule has 0 saturated carbocycles. The van der Waals surface area contributed by atoms with E-state index in [2.05, 4.69) is 20.7 Å². The first kappa shape index (κ1) is 22.6. The number of furan rings is 1. The molecule has 0 saturated heterocycles. The van der Waals surface area contributed by atoms with Crippen molar-refractivity contribution in [2.45, 2.75) is 30.9 Å². The van der Waals surface area contributed by atoms with Crippen molar-refractivity contribution in [3.8, 4) is 22.8 Å². The number of nitrogens with one attached hydrogen (secondary N) is 1. The summed E-state index contributed by atoms with van der Waals surface area (Å²) >= 11 is 15.7. The monoisotopic (exact) mass is 515 g/mol. The summed E-state index contributed by atoms with van der Waals surface area (Å²) in [5.74, 6) is 0.638. The zero-order valence-electron chi connectivity index (χ0n) is 14.9. The molecule has 1 aromatic heterocycles. The van der Waals surface area contributed by atoms with Crippen molar-refractivity contribution in [2.75, 3.05) is 6.54 Å². The van der Waals surface area contributed by atoms with Crippen LogP contribution in [-0.2, 0) is 10.9 Å². The highest BCUT2D eigenvalue weighted by Gasteiger charge is 2.31. The fourth-order valence-electron chi connectivity index (χ4n) is 2.31. The molecule has 2 aromatic rings. The number of hydrogen-bond donors (Lipinski definition) is 3. The minimum Gasteiger partial charge on any atom is -0.539 e. The lowest BCUT2D eigenvalue weighted by atomic mass is 10.1. The smallest absolute Gasteiger partial charge is 0.242 e. The number of alkyl halides is 1.